The van der Waals surface area contributed by atoms with Gasteiger partial charge in [0.05, 0.1) is 13.3 Å². The van der Waals surface area contributed by atoms with E-state index < -0.39 is 0 Å². The van der Waals surface area contributed by atoms with Crippen molar-refractivity contribution in [3.63, 3.8) is 0 Å². The molecule has 0 aliphatic carbocycles. The van der Waals surface area contributed by atoms with E-state index in [0.29, 0.717) is 5.17 Å². The number of hydrogen-bond acceptors (Lipinski definition) is 4. The summed E-state index contributed by atoms with van der Waals surface area (Å²) >= 11 is 1.47. The molecule has 3 aromatic carbocycles. The molecule has 0 unspecified atom stereocenters. The van der Waals surface area contributed by atoms with Gasteiger partial charge >= 0.3 is 0 Å². The number of benzene rings is 3. The van der Waals surface area contributed by atoms with E-state index in [4.69, 9.17) is 10.5 Å². The van der Waals surface area contributed by atoms with Gasteiger partial charge in [-0.1, -0.05) is 78.5 Å². The van der Waals surface area contributed by atoms with Gasteiger partial charge in [0.25, 0.3) is 0 Å². The predicted octanol–water partition coefficient (Wildman–Crippen LogP) is 4.94. The number of nitrogens with two attached hydrogens (primary N) is 1. The largest absolute Gasteiger partial charge is 0.497 e. The van der Waals surface area contributed by atoms with E-state index >= 15 is 0 Å². The normalized spacial score (nSPS) is 11.7. The number of rotatable bonds is 6. The lowest BCUT2D eigenvalue weighted by Crippen LogP contribution is -2.05. The van der Waals surface area contributed by atoms with Gasteiger partial charge in [-0.15, -0.1) is 5.10 Å². The fourth-order valence-corrected chi connectivity index (χ4v) is 3.09. The highest BCUT2D eigenvalue weighted by Gasteiger charge is 2.00. The molecule has 0 heterocycles. The first-order chi connectivity index (χ1) is 13.2. The Kier molecular flexibility index (Phi) is 6.66. The Labute approximate surface area is 163 Å². The van der Waals surface area contributed by atoms with Crippen LogP contribution in [-0.2, 0) is 5.75 Å². The summed E-state index contributed by atoms with van der Waals surface area (Å²) in [5, 5.41) is 8.58. The maximum Gasteiger partial charge on any atom is 0.180 e. The van der Waals surface area contributed by atoms with Crippen molar-refractivity contribution >= 4 is 23.1 Å². The second-order valence-corrected chi connectivity index (χ2v) is 6.81. The molecule has 4 nitrogen and oxygen atoms in total. The van der Waals surface area contributed by atoms with Gasteiger partial charge in [0.2, 0.25) is 0 Å². The van der Waals surface area contributed by atoms with E-state index in [2.05, 4.69) is 28.4 Å². The molecule has 0 aromatic heterocycles. The molecular formula is C22H21N3OS. The molecule has 3 rings (SSSR count). The Hall–Kier alpha value is -3.05. The highest BCUT2D eigenvalue weighted by molar-refractivity contribution is 8.13. The van der Waals surface area contributed by atoms with Gasteiger partial charge < -0.3 is 10.5 Å². The van der Waals surface area contributed by atoms with Crippen LogP contribution in [0.1, 0.15) is 11.1 Å². The molecule has 3 aromatic rings. The number of amidine groups is 1. The lowest BCUT2D eigenvalue weighted by Gasteiger charge is -2.05. The molecule has 0 radical (unpaired) electrons. The summed E-state index contributed by atoms with van der Waals surface area (Å²) in [4.78, 5) is 0. The topological polar surface area (TPSA) is 60.0 Å². The highest BCUT2D eigenvalue weighted by Crippen LogP contribution is 2.23. The van der Waals surface area contributed by atoms with Crippen molar-refractivity contribution in [2.24, 2.45) is 15.9 Å². The van der Waals surface area contributed by atoms with Crippen LogP contribution in [0.25, 0.3) is 11.1 Å². The van der Waals surface area contributed by atoms with E-state index in [0.717, 1.165) is 28.2 Å². The Bertz CT molecular complexity index is 922. The van der Waals surface area contributed by atoms with Crippen LogP contribution in [0.4, 0.5) is 0 Å². The molecule has 27 heavy (non-hydrogen) atoms. The van der Waals surface area contributed by atoms with Gasteiger partial charge in [-0.25, -0.2) is 0 Å². The van der Waals surface area contributed by atoms with Gasteiger partial charge in [0.1, 0.15) is 5.75 Å². The third-order valence-corrected chi connectivity index (χ3v) is 4.76. The van der Waals surface area contributed by atoms with Crippen molar-refractivity contribution < 1.29 is 4.74 Å². The third kappa shape index (κ3) is 5.72. The summed E-state index contributed by atoms with van der Waals surface area (Å²) in [5.41, 5.74) is 10.3. The summed E-state index contributed by atoms with van der Waals surface area (Å²) in [7, 11) is 1.67. The number of methoxy groups -OCH3 is 1. The molecule has 0 amide bonds. The van der Waals surface area contributed by atoms with E-state index in [1.807, 2.05) is 60.7 Å². The van der Waals surface area contributed by atoms with E-state index in [9.17, 15) is 0 Å². The molecule has 0 spiro atoms. The van der Waals surface area contributed by atoms with Gasteiger partial charge in [-0.2, -0.15) is 5.10 Å². The van der Waals surface area contributed by atoms with Crippen LogP contribution in [0.3, 0.4) is 0 Å². The molecule has 0 saturated carbocycles. The van der Waals surface area contributed by atoms with E-state index in [1.54, 1.807) is 13.3 Å². The standard InChI is InChI=1S/C22H21N3OS/c1-26-21-9-5-8-20(14-21)19-12-10-17(11-13-19)15-24-25-22(23)27-16-18-6-3-2-4-7-18/h2-15H,16H2,1H3,(H2,23,25). The molecular weight excluding hydrogens is 354 g/mol. The highest BCUT2D eigenvalue weighted by atomic mass is 32.2. The molecule has 136 valence electrons. The van der Waals surface area contributed by atoms with Crippen molar-refractivity contribution in [1.29, 1.82) is 0 Å². The Morgan fingerprint density at radius 1 is 0.963 bits per heavy atom. The third-order valence-electron chi connectivity index (χ3n) is 3.91. The smallest absolute Gasteiger partial charge is 0.180 e. The zero-order valence-electron chi connectivity index (χ0n) is 15.1. The van der Waals surface area contributed by atoms with Crippen molar-refractivity contribution in [3.8, 4) is 16.9 Å². The first-order valence-electron chi connectivity index (χ1n) is 8.52. The first kappa shape index (κ1) is 18.7. The average molecular weight is 375 g/mol. The molecule has 0 aliphatic rings. The van der Waals surface area contributed by atoms with E-state index in [-0.39, 0.29) is 0 Å². The molecule has 0 bridgehead atoms. The second-order valence-electron chi connectivity index (χ2n) is 5.81. The summed E-state index contributed by atoms with van der Waals surface area (Å²) in [6.07, 6.45) is 1.70. The monoisotopic (exact) mass is 375 g/mol. The number of ether oxygens (including phenoxy) is 1. The Morgan fingerprint density at radius 3 is 2.48 bits per heavy atom. The molecule has 0 aliphatic heterocycles. The van der Waals surface area contributed by atoms with Crippen molar-refractivity contribution in [3.05, 3.63) is 90.0 Å². The SMILES string of the molecule is COc1cccc(-c2ccc(C=NN=C(N)SCc3ccccc3)cc2)c1. The summed E-state index contributed by atoms with van der Waals surface area (Å²) in [6.45, 7) is 0. The van der Waals surface area contributed by atoms with Crippen LogP contribution in [-0.4, -0.2) is 18.5 Å². The summed E-state index contributed by atoms with van der Waals surface area (Å²) in [6, 6.07) is 26.2. The fourth-order valence-electron chi connectivity index (χ4n) is 2.48. The zero-order valence-corrected chi connectivity index (χ0v) is 15.9. The van der Waals surface area contributed by atoms with Crippen LogP contribution in [0.15, 0.2) is 89.1 Å². The minimum absolute atomic E-state index is 0.447. The van der Waals surface area contributed by atoms with Crippen LogP contribution in [0, 0.1) is 0 Å². The van der Waals surface area contributed by atoms with Crippen LogP contribution in [0.5, 0.6) is 5.75 Å². The maximum atomic E-state index is 5.90. The van der Waals surface area contributed by atoms with Gasteiger partial charge in [-0.3, -0.25) is 0 Å². The van der Waals surface area contributed by atoms with Crippen LogP contribution < -0.4 is 10.5 Å². The van der Waals surface area contributed by atoms with Gasteiger partial charge in [0.15, 0.2) is 5.17 Å². The van der Waals surface area contributed by atoms with Crippen LogP contribution in [0.2, 0.25) is 0 Å². The molecule has 0 fully saturated rings. The van der Waals surface area contributed by atoms with Crippen molar-refractivity contribution in [2.75, 3.05) is 7.11 Å². The average Bonchev–Trinajstić information content (AvgIpc) is 2.73. The Balaban J connectivity index is 1.58. The van der Waals surface area contributed by atoms with Gasteiger partial charge in [-0.05, 0) is 34.4 Å². The van der Waals surface area contributed by atoms with Crippen LogP contribution >= 0.6 is 11.8 Å². The molecule has 2 N–H and O–H groups in total. The zero-order chi connectivity index (χ0) is 18.9. The number of nitrogens with zero attached hydrogens (tertiary/aromatic N) is 2. The second kappa shape index (κ2) is 9.59. The molecule has 0 atom stereocenters. The van der Waals surface area contributed by atoms with Gasteiger partial charge in [0, 0.05) is 5.75 Å². The molecule has 5 heteroatoms. The lowest BCUT2D eigenvalue weighted by atomic mass is 10.0. The number of thioether (sulfide) groups is 1. The lowest BCUT2D eigenvalue weighted by molar-refractivity contribution is 0.415. The van der Waals surface area contributed by atoms with Crippen molar-refractivity contribution in [2.45, 2.75) is 5.75 Å². The Morgan fingerprint density at radius 2 is 1.74 bits per heavy atom. The minimum Gasteiger partial charge on any atom is -0.497 e. The predicted molar refractivity (Wildman–Crippen MR) is 115 cm³/mol. The fraction of sp³-hybridized carbons (Fsp3) is 0.0909. The quantitative estimate of drug-likeness (QED) is 0.377. The first-order valence-corrected chi connectivity index (χ1v) is 9.51. The maximum absolute atomic E-state index is 5.90. The summed E-state index contributed by atoms with van der Waals surface area (Å²) < 4.78 is 5.27. The molecule has 0 saturated heterocycles. The van der Waals surface area contributed by atoms with Crippen molar-refractivity contribution in [1.82, 2.24) is 0 Å². The summed E-state index contributed by atoms with van der Waals surface area (Å²) in [5.74, 6) is 1.62. The number of hydrogen-bond donors (Lipinski definition) is 1. The van der Waals surface area contributed by atoms with E-state index in [1.165, 1.54) is 17.3 Å². The minimum atomic E-state index is 0.447.